The number of hydrogen-bond donors (Lipinski definition) is 1. The number of aliphatic hydroxyl groups excluding tert-OH is 1. The van der Waals surface area contributed by atoms with Crippen LogP contribution in [0.5, 0.6) is 0 Å². The van der Waals surface area contributed by atoms with Crippen LogP contribution in [-0.2, 0) is 0 Å². The Morgan fingerprint density at radius 2 is 2.21 bits per heavy atom. The number of Topliss-reactive ketones (excluding diaryl/α,β-unsaturated/α-hetero) is 1. The SMILES string of the molecule is O=C(c1ccco1)[C@@H](O)c1ccoc1. The topological polar surface area (TPSA) is 63.6 Å². The van der Waals surface area contributed by atoms with E-state index in [9.17, 15) is 9.90 Å². The highest BCUT2D eigenvalue weighted by atomic mass is 16.3. The summed E-state index contributed by atoms with van der Waals surface area (Å²) >= 11 is 0. The molecule has 0 aliphatic rings. The van der Waals surface area contributed by atoms with Crippen LogP contribution in [0.1, 0.15) is 22.2 Å². The van der Waals surface area contributed by atoms with Gasteiger partial charge in [0.15, 0.2) is 5.76 Å². The van der Waals surface area contributed by atoms with Crippen LogP contribution in [0.25, 0.3) is 0 Å². The Morgan fingerprint density at radius 1 is 1.36 bits per heavy atom. The van der Waals surface area contributed by atoms with Gasteiger partial charge in [-0.25, -0.2) is 0 Å². The smallest absolute Gasteiger partial charge is 0.230 e. The van der Waals surface area contributed by atoms with E-state index in [1.807, 2.05) is 0 Å². The van der Waals surface area contributed by atoms with Gasteiger partial charge in [-0.2, -0.15) is 0 Å². The van der Waals surface area contributed by atoms with E-state index in [2.05, 4.69) is 0 Å². The van der Waals surface area contributed by atoms with E-state index >= 15 is 0 Å². The van der Waals surface area contributed by atoms with Gasteiger partial charge in [-0.1, -0.05) is 0 Å². The number of aliphatic hydroxyl groups is 1. The lowest BCUT2D eigenvalue weighted by Crippen LogP contribution is -2.10. The largest absolute Gasteiger partial charge is 0.472 e. The van der Waals surface area contributed by atoms with E-state index in [0.717, 1.165) is 0 Å². The van der Waals surface area contributed by atoms with Gasteiger partial charge in [-0.15, -0.1) is 0 Å². The quantitative estimate of drug-likeness (QED) is 0.753. The molecule has 0 saturated heterocycles. The summed E-state index contributed by atoms with van der Waals surface area (Å²) < 4.78 is 9.63. The average Bonchev–Trinajstić information content (AvgIpc) is 2.87. The van der Waals surface area contributed by atoms with E-state index in [4.69, 9.17) is 8.83 Å². The van der Waals surface area contributed by atoms with Crippen LogP contribution in [0.3, 0.4) is 0 Å². The van der Waals surface area contributed by atoms with Crippen LogP contribution in [0.4, 0.5) is 0 Å². The molecule has 0 spiro atoms. The minimum absolute atomic E-state index is 0.138. The Morgan fingerprint density at radius 3 is 2.79 bits per heavy atom. The molecule has 72 valence electrons. The van der Waals surface area contributed by atoms with E-state index in [-0.39, 0.29) is 5.76 Å². The molecule has 0 radical (unpaired) electrons. The average molecular weight is 192 g/mol. The van der Waals surface area contributed by atoms with Crippen LogP contribution in [-0.4, -0.2) is 10.9 Å². The summed E-state index contributed by atoms with van der Waals surface area (Å²) in [6.45, 7) is 0. The highest BCUT2D eigenvalue weighted by molar-refractivity contribution is 5.97. The number of carbonyl (C=O) groups excluding carboxylic acids is 1. The molecule has 0 saturated carbocycles. The first-order valence-corrected chi connectivity index (χ1v) is 4.07. The zero-order chi connectivity index (χ0) is 9.97. The Bertz CT molecular complexity index is 399. The van der Waals surface area contributed by atoms with Crippen LogP contribution >= 0.6 is 0 Å². The van der Waals surface area contributed by atoms with Crippen molar-refractivity contribution in [2.24, 2.45) is 0 Å². The van der Waals surface area contributed by atoms with Crippen molar-refractivity contribution in [1.29, 1.82) is 0 Å². The zero-order valence-corrected chi connectivity index (χ0v) is 7.21. The van der Waals surface area contributed by atoms with Crippen LogP contribution in [0.15, 0.2) is 45.8 Å². The summed E-state index contributed by atoms with van der Waals surface area (Å²) in [6.07, 6.45) is 2.88. The molecule has 1 N–H and O–H groups in total. The van der Waals surface area contributed by atoms with Crippen molar-refractivity contribution < 1.29 is 18.7 Å². The van der Waals surface area contributed by atoms with Crippen molar-refractivity contribution in [2.75, 3.05) is 0 Å². The molecule has 0 aromatic carbocycles. The highest BCUT2D eigenvalue weighted by Crippen LogP contribution is 2.18. The summed E-state index contributed by atoms with van der Waals surface area (Å²) in [5.74, 6) is -0.338. The number of ketones is 1. The van der Waals surface area contributed by atoms with Gasteiger partial charge in [-0.05, 0) is 18.2 Å². The number of furan rings is 2. The molecule has 0 amide bonds. The lowest BCUT2D eigenvalue weighted by Gasteiger charge is -2.03. The Labute approximate surface area is 79.8 Å². The van der Waals surface area contributed by atoms with Crippen molar-refractivity contribution >= 4 is 5.78 Å². The Balaban J connectivity index is 2.21. The monoisotopic (exact) mass is 192 g/mol. The molecule has 0 aliphatic heterocycles. The molecule has 4 nitrogen and oxygen atoms in total. The van der Waals surface area contributed by atoms with Crippen molar-refractivity contribution in [3.63, 3.8) is 0 Å². The summed E-state index contributed by atoms with van der Waals surface area (Å²) in [5.41, 5.74) is 0.423. The first-order valence-electron chi connectivity index (χ1n) is 4.07. The minimum Gasteiger partial charge on any atom is -0.472 e. The fourth-order valence-electron chi connectivity index (χ4n) is 1.14. The fourth-order valence-corrected chi connectivity index (χ4v) is 1.14. The summed E-state index contributed by atoms with van der Waals surface area (Å²) in [6, 6.07) is 4.63. The summed E-state index contributed by atoms with van der Waals surface area (Å²) in [4.78, 5) is 11.5. The lowest BCUT2D eigenvalue weighted by molar-refractivity contribution is 0.0716. The van der Waals surface area contributed by atoms with Crippen molar-refractivity contribution in [3.05, 3.63) is 48.3 Å². The molecule has 2 heterocycles. The third-order valence-corrected chi connectivity index (χ3v) is 1.87. The van der Waals surface area contributed by atoms with Crippen LogP contribution in [0.2, 0.25) is 0 Å². The second kappa shape index (κ2) is 3.51. The first-order chi connectivity index (χ1) is 6.79. The van der Waals surface area contributed by atoms with Gasteiger partial charge in [0.25, 0.3) is 0 Å². The summed E-state index contributed by atoms with van der Waals surface area (Å²) in [5, 5.41) is 9.58. The molecule has 0 aliphatic carbocycles. The standard InChI is InChI=1S/C10H8O4/c11-9(7-3-5-13-6-7)10(12)8-2-1-4-14-8/h1-6,9,11H/t9-/m0/s1. The molecule has 14 heavy (non-hydrogen) atoms. The van der Waals surface area contributed by atoms with Crippen molar-refractivity contribution in [2.45, 2.75) is 6.10 Å². The van der Waals surface area contributed by atoms with Crippen molar-refractivity contribution in [3.8, 4) is 0 Å². The molecule has 0 fully saturated rings. The molecule has 2 rings (SSSR count). The Hall–Kier alpha value is -1.81. The lowest BCUT2D eigenvalue weighted by atomic mass is 10.1. The van der Waals surface area contributed by atoms with Gasteiger partial charge in [0.2, 0.25) is 5.78 Å². The maximum Gasteiger partial charge on any atom is 0.230 e. The maximum atomic E-state index is 11.5. The van der Waals surface area contributed by atoms with Gasteiger partial charge >= 0.3 is 0 Å². The number of hydrogen-bond acceptors (Lipinski definition) is 4. The van der Waals surface area contributed by atoms with Crippen molar-refractivity contribution in [1.82, 2.24) is 0 Å². The Kier molecular flexibility index (Phi) is 2.20. The second-order valence-corrected chi connectivity index (χ2v) is 2.80. The minimum atomic E-state index is -1.22. The molecule has 2 aromatic heterocycles. The first kappa shape index (κ1) is 8.77. The molecule has 2 aromatic rings. The predicted octanol–water partition coefficient (Wildman–Crippen LogP) is 1.79. The fraction of sp³-hybridized carbons (Fsp3) is 0.100. The molecule has 0 unspecified atom stereocenters. The van der Waals surface area contributed by atoms with Gasteiger partial charge in [0.1, 0.15) is 6.10 Å². The highest BCUT2D eigenvalue weighted by Gasteiger charge is 2.21. The maximum absolute atomic E-state index is 11.5. The van der Waals surface area contributed by atoms with E-state index in [1.165, 1.54) is 30.9 Å². The van der Waals surface area contributed by atoms with Gasteiger partial charge in [0.05, 0.1) is 18.8 Å². The third-order valence-electron chi connectivity index (χ3n) is 1.87. The van der Waals surface area contributed by atoms with Crippen LogP contribution in [0, 0.1) is 0 Å². The third kappa shape index (κ3) is 1.47. The van der Waals surface area contributed by atoms with Gasteiger partial charge in [0, 0.05) is 5.56 Å². The van der Waals surface area contributed by atoms with E-state index < -0.39 is 11.9 Å². The normalized spacial score (nSPS) is 12.6. The molecule has 1 atom stereocenters. The number of rotatable bonds is 3. The molecular formula is C10H8O4. The van der Waals surface area contributed by atoms with E-state index in [0.29, 0.717) is 5.56 Å². The van der Waals surface area contributed by atoms with E-state index in [1.54, 1.807) is 6.07 Å². The molecule has 4 heteroatoms. The predicted molar refractivity (Wildman–Crippen MR) is 46.7 cm³/mol. The summed E-state index contributed by atoms with van der Waals surface area (Å²) in [7, 11) is 0. The van der Waals surface area contributed by atoms with Crippen LogP contribution < -0.4 is 0 Å². The zero-order valence-electron chi connectivity index (χ0n) is 7.21. The molecular weight excluding hydrogens is 184 g/mol. The number of carbonyl (C=O) groups is 1. The van der Waals surface area contributed by atoms with Gasteiger partial charge < -0.3 is 13.9 Å². The second-order valence-electron chi connectivity index (χ2n) is 2.80. The molecule has 0 bridgehead atoms. The van der Waals surface area contributed by atoms with Gasteiger partial charge in [-0.3, -0.25) is 4.79 Å².